The third-order valence-corrected chi connectivity index (χ3v) is 5.55. The monoisotopic (exact) mass is 339 g/mol. The summed E-state index contributed by atoms with van der Waals surface area (Å²) in [4.78, 5) is -0.0773. The molecule has 1 saturated heterocycles. The maximum atomic E-state index is 12.2. The average Bonchev–Trinajstić information content (AvgIpc) is 2.90. The summed E-state index contributed by atoms with van der Waals surface area (Å²) in [5, 5.41) is 9.38. The van der Waals surface area contributed by atoms with Crippen LogP contribution in [0, 0.1) is 5.92 Å². The number of sulfonamides is 1. The smallest absolute Gasteiger partial charge is 0.242 e. The van der Waals surface area contributed by atoms with E-state index in [2.05, 4.69) is 4.72 Å². The first-order valence-electron chi connectivity index (χ1n) is 6.11. The van der Waals surface area contributed by atoms with Gasteiger partial charge in [0.25, 0.3) is 0 Å². The van der Waals surface area contributed by atoms with Gasteiger partial charge in [-0.25, -0.2) is 13.1 Å². The van der Waals surface area contributed by atoms with Crippen molar-refractivity contribution >= 4 is 33.2 Å². The Morgan fingerprint density at radius 3 is 2.75 bits per heavy atom. The highest BCUT2D eigenvalue weighted by Crippen LogP contribution is 2.31. The minimum Gasteiger partial charge on any atom is -0.392 e. The summed E-state index contributed by atoms with van der Waals surface area (Å²) in [5.74, 6) is 0.174. The van der Waals surface area contributed by atoms with Crippen LogP contribution >= 0.6 is 23.2 Å². The van der Waals surface area contributed by atoms with Crippen molar-refractivity contribution in [2.24, 2.45) is 5.92 Å². The molecule has 2 rings (SSSR count). The Labute approximate surface area is 127 Å². The van der Waals surface area contributed by atoms with Crippen LogP contribution in [-0.2, 0) is 21.4 Å². The van der Waals surface area contributed by atoms with E-state index >= 15 is 0 Å². The van der Waals surface area contributed by atoms with Crippen molar-refractivity contribution in [1.82, 2.24) is 4.72 Å². The van der Waals surface area contributed by atoms with Gasteiger partial charge in [-0.2, -0.15) is 0 Å². The van der Waals surface area contributed by atoms with E-state index in [0.29, 0.717) is 19.8 Å². The Bertz CT molecular complexity index is 585. The summed E-state index contributed by atoms with van der Waals surface area (Å²) in [7, 11) is -3.74. The van der Waals surface area contributed by atoms with Gasteiger partial charge in [-0.05, 0) is 24.5 Å². The van der Waals surface area contributed by atoms with Crippen LogP contribution in [-0.4, -0.2) is 33.3 Å². The van der Waals surface area contributed by atoms with E-state index in [0.717, 1.165) is 6.42 Å². The Morgan fingerprint density at radius 1 is 1.40 bits per heavy atom. The second-order valence-corrected chi connectivity index (χ2v) is 7.10. The highest BCUT2D eigenvalue weighted by Gasteiger charge is 2.23. The molecule has 2 N–H and O–H groups in total. The molecule has 0 radical (unpaired) electrons. The van der Waals surface area contributed by atoms with Crippen LogP contribution in [0.3, 0.4) is 0 Å². The van der Waals surface area contributed by atoms with Crippen molar-refractivity contribution in [2.75, 3.05) is 19.8 Å². The summed E-state index contributed by atoms with van der Waals surface area (Å²) in [5.41, 5.74) is 0.209. The van der Waals surface area contributed by atoms with Crippen molar-refractivity contribution in [3.05, 3.63) is 27.7 Å². The minimum atomic E-state index is -3.74. The average molecular weight is 340 g/mol. The first kappa shape index (κ1) is 16.0. The number of rotatable bonds is 5. The zero-order valence-electron chi connectivity index (χ0n) is 10.6. The normalized spacial score (nSPS) is 19.4. The lowest BCUT2D eigenvalue weighted by molar-refractivity contribution is 0.186. The van der Waals surface area contributed by atoms with Crippen LogP contribution < -0.4 is 4.72 Å². The Hall–Kier alpha value is -0.370. The SMILES string of the molecule is O=S(=O)(NCC1CCOC1)c1ccc(Cl)c(CO)c1Cl. The molecule has 1 aliphatic heterocycles. The van der Waals surface area contributed by atoms with Gasteiger partial charge >= 0.3 is 0 Å². The van der Waals surface area contributed by atoms with E-state index in [1.54, 1.807) is 0 Å². The molecule has 1 aromatic rings. The van der Waals surface area contributed by atoms with Crippen LogP contribution in [0.2, 0.25) is 10.0 Å². The maximum absolute atomic E-state index is 12.2. The minimum absolute atomic E-state index is 0.0461. The molecule has 1 aliphatic rings. The molecule has 0 aromatic heterocycles. The van der Waals surface area contributed by atoms with Gasteiger partial charge in [0.1, 0.15) is 4.90 Å². The zero-order chi connectivity index (χ0) is 14.8. The van der Waals surface area contributed by atoms with E-state index < -0.39 is 16.6 Å². The van der Waals surface area contributed by atoms with E-state index in [1.807, 2.05) is 0 Å². The van der Waals surface area contributed by atoms with Crippen LogP contribution in [0.25, 0.3) is 0 Å². The van der Waals surface area contributed by atoms with Crippen molar-refractivity contribution in [2.45, 2.75) is 17.9 Å². The molecule has 1 fully saturated rings. The van der Waals surface area contributed by atoms with Gasteiger partial charge < -0.3 is 9.84 Å². The molecular weight excluding hydrogens is 325 g/mol. The van der Waals surface area contributed by atoms with Crippen molar-refractivity contribution < 1.29 is 18.3 Å². The number of hydrogen-bond acceptors (Lipinski definition) is 4. The van der Waals surface area contributed by atoms with E-state index in [-0.39, 0.29) is 26.4 Å². The fourth-order valence-corrected chi connectivity index (χ4v) is 3.99. The number of hydrogen-bond donors (Lipinski definition) is 2. The molecule has 0 bridgehead atoms. The molecule has 0 aliphatic carbocycles. The number of nitrogens with one attached hydrogen (secondary N) is 1. The lowest BCUT2D eigenvalue weighted by Gasteiger charge is -2.13. The molecule has 5 nitrogen and oxygen atoms in total. The quantitative estimate of drug-likeness (QED) is 0.857. The highest BCUT2D eigenvalue weighted by atomic mass is 35.5. The first-order chi connectivity index (χ1) is 9.45. The first-order valence-corrected chi connectivity index (χ1v) is 8.34. The van der Waals surface area contributed by atoms with Crippen LogP contribution in [0.4, 0.5) is 0 Å². The third kappa shape index (κ3) is 3.44. The molecule has 1 heterocycles. The zero-order valence-corrected chi connectivity index (χ0v) is 12.9. The van der Waals surface area contributed by atoms with Crippen LogP contribution in [0.5, 0.6) is 0 Å². The van der Waals surface area contributed by atoms with Gasteiger partial charge in [-0.3, -0.25) is 0 Å². The van der Waals surface area contributed by atoms with Crippen LogP contribution in [0.1, 0.15) is 12.0 Å². The number of ether oxygens (including phenoxy) is 1. The molecule has 0 saturated carbocycles. The molecule has 1 aromatic carbocycles. The number of aliphatic hydroxyl groups excluding tert-OH is 1. The van der Waals surface area contributed by atoms with E-state index in [9.17, 15) is 13.5 Å². The van der Waals surface area contributed by atoms with Gasteiger partial charge in [0, 0.05) is 23.7 Å². The van der Waals surface area contributed by atoms with E-state index in [4.69, 9.17) is 27.9 Å². The van der Waals surface area contributed by atoms with Gasteiger partial charge in [0.15, 0.2) is 0 Å². The highest BCUT2D eigenvalue weighted by molar-refractivity contribution is 7.89. The van der Waals surface area contributed by atoms with Gasteiger partial charge in [0.05, 0.1) is 18.2 Å². The predicted molar refractivity (Wildman–Crippen MR) is 76.5 cm³/mol. The fourth-order valence-electron chi connectivity index (χ4n) is 1.98. The summed E-state index contributed by atoms with van der Waals surface area (Å²) in [6, 6.07) is 2.74. The molecule has 0 amide bonds. The standard InChI is InChI=1S/C12H15Cl2NO4S/c13-10-1-2-11(12(14)9(10)6-16)20(17,18)15-5-8-3-4-19-7-8/h1-2,8,15-16H,3-7H2. The predicted octanol–water partition coefficient (Wildman–Crippen LogP) is 1.80. The maximum Gasteiger partial charge on any atom is 0.242 e. The summed E-state index contributed by atoms with van der Waals surface area (Å²) >= 11 is 11.9. The third-order valence-electron chi connectivity index (χ3n) is 3.18. The Kier molecular flexibility index (Phi) is 5.28. The molecule has 1 atom stereocenters. The number of aliphatic hydroxyl groups is 1. The molecule has 1 unspecified atom stereocenters. The molecular formula is C12H15Cl2NO4S. The van der Waals surface area contributed by atoms with Crippen molar-refractivity contribution in [1.29, 1.82) is 0 Å². The molecule has 0 spiro atoms. The second-order valence-electron chi connectivity index (χ2n) is 4.58. The largest absolute Gasteiger partial charge is 0.392 e. The van der Waals surface area contributed by atoms with E-state index in [1.165, 1.54) is 12.1 Å². The topological polar surface area (TPSA) is 75.6 Å². The molecule has 8 heteroatoms. The Morgan fingerprint density at radius 2 is 2.15 bits per heavy atom. The second kappa shape index (κ2) is 6.60. The van der Waals surface area contributed by atoms with Gasteiger partial charge in [-0.1, -0.05) is 23.2 Å². The van der Waals surface area contributed by atoms with Crippen LogP contribution in [0.15, 0.2) is 17.0 Å². The van der Waals surface area contributed by atoms with Gasteiger partial charge in [0.2, 0.25) is 10.0 Å². The summed E-state index contributed by atoms with van der Waals surface area (Å²) in [6.45, 7) is 1.09. The number of halogens is 2. The van der Waals surface area contributed by atoms with Crippen molar-refractivity contribution in [3.8, 4) is 0 Å². The summed E-state index contributed by atoms with van der Waals surface area (Å²) in [6.07, 6.45) is 0.832. The molecule has 112 valence electrons. The van der Waals surface area contributed by atoms with Gasteiger partial charge in [-0.15, -0.1) is 0 Å². The lowest BCUT2D eigenvalue weighted by atomic mass is 10.1. The lowest BCUT2D eigenvalue weighted by Crippen LogP contribution is -2.30. The fraction of sp³-hybridized carbons (Fsp3) is 0.500. The molecule has 20 heavy (non-hydrogen) atoms. The van der Waals surface area contributed by atoms with Crippen molar-refractivity contribution in [3.63, 3.8) is 0 Å². The summed E-state index contributed by atoms with van der Waals surface area (Å²) < 4.78 is 32.2. The Balaban J connectivity index is 2.20. The number of benzene rings is 1.